The zero-order valence-corrected chi connectivity index (χ0v) is 19.6. The van der Waals surface area contributed by atoms with Crippen LogP contribution in [0, 0.1) is 0 Å². The summed E-state index contributed by atoms with van der Waals surface area (Å²) >= 11 is 5.22. The Morgan fingerprint density at radius 3 is 2.20 bits per heavy atom. The van der Waals surface area contributed by atoms with Crippen molar-refractivity contribution < 1.29 is 28.6 Å². The van der Waals surface area contributed by atoms with Gasteiger partial charge in [0.2, 0.25) is 0 Å². The quantitative estimate of drug-likeness (QED) is 0.232. The zero-order chi connectivity index (χ0) is 24.9. The van der Waals surface area contributed by atoms with Crippen LogP contribution in [0.2, 0.25) is 0 Å². The van der Waals surface area contributed by atoms with Crippen LogP contribution in [0.1, 0.15) is 10.4 Å². The van der Waals surface area contributed by atoms with Gasteiger partial charge in [0.15, 0.2) is 22.4 Å². The van der Waals surface area contributed by atoms with Crippen LogP contribution in [0.4, 0.5) is 5.69 Å². The number of rotatable bonds is 7. The molecule has 1 fully saturated rings. The van der Waals surface area contributed by atoms with Gasteiger partial charge in [0.1, 0.15) is 17.1 Å². The van der Waals surface area contributed by atoms with E-state index in [1.54, 1.807) is 30.3 Å². The van der Waals surface area contributed by atoms with Gasteiger partial charge in [-0.25, -0.2) is 0 Å². The molecule has 0 atom stereocenters. The van der Waals surface area contributed by atoms with Crippen LogP contribution in [0.5, 0.6) is 23.0 Å². The van der Waals surface area contributed by atoms with E-state index in [0.29, 0.717) is 28.7 Å². The first-order chi connectivity index (χ1) is 16.9. The highest BCUT2D eigenvalue weighted by atomic mass is 32.1. The lowest BCUT2D eigenvalue weighted by molar-refractivity contribution is -0.122. The average Bonchev–Trinajstić information content (AvgIpc) is 2.87. The third kappa shape index (κ3) is 5.04. The van der Waals surface area contributed by atoms with Gasteiger partial charge in [-0.05, 0) is 66.8 Å². The lowest BCUT2D eigenvalue weighted by atomic mass is 10.0. The second-order valence-electron chi connectivity index (χ2n) is 7.30. The van der Waals surface area contributed by atoms with Crippen molar-refractivity contribution in [3.05, 3.63) is 90.0 Å². The van der Waals surface area contributed by atoms with E-state index in [1.165, 1.54) is 26.4 Å². The minimum absolute atomic E-state index is 0.0903. The maximum atomic E-state index is 13.2. The number of amides is 2. The van der Waals surface area contributed by atoms with Gasteiger partial charge in [-0.3, -0.25) is 24.6 Å². The Hall–Kier alpha value is -4.50. The number of thiocarbonyl (C=S) groups is 1. The molecule has 0 saturated carbocycles. The fourth-order valence-corrected chi connectivity index (χ4v) is 3.66. The molecular formula is C26H20N2O6S. The van der Waals surface area contributed by atoms with E-state index in [9.17, 15) is 14.4 Å². The molecule has 2 amide bonds. The van der Waals surface area contributed by atoms with E-state index in [-0.39, 0.29) is 16.2 Å². The summed E-state index contributed by atoms with van der Waals surface area (Å²) in [6, 6.07) is 20.4. The molecule has 3 aromatic carbocycles. The molecule has 4 rings (SSSR count). The van der Waals surface area contributed by atoms with Crippen LogP contribution >= 0.6 is 12.2 Å². The van der Waals surface area contributed by atoms with Gasteiger partial charge < -0.3 is 14.2 Å². The number of nitrogens with one attached hydrogen (secondary N) is 1. The first-order valence-corrected chi connectivity index (χ1v) is 10.8. The Morgan fingerprint density at radius 1 is 0.886 bits per heavy atom. The van der Waals surface area contributed by atoms with E-state index in [4.69, 9.17) is 26.4 Å². The number of methoxy groups -OCH3 is 2. The second kappa shape index (κ2) is 10.2. The summed E-state index contributed by atoms with van der Waals surface area (Å²) in [5, 5.41) is 2.37. The molecule has 0 spiro atoms. The Kier molecular flexibility index (Phi) is 6.88. The van der Waals surface area contributed by atoms with Crippen LogP contribution in [-0.2, 0) is 9.59 Å². The number of nitrogens with zero attached hydrogens (tertiary/aromatic N) is 1. The third-order valence-electron chi connectivity index (χ3n) is 5.12. The van der Waals surface area contributed by atoms with Crippen molar-refractivity contribution in [3.8, 4) is 23.0 Å². The molecule has 0 aliphatic carbocycles. The van der Waals surface area contributed by atoms with E-state index < -0.39 is 17.6 Å². The summed E-state index contributed by atoms with van der Waals surface area (Å²) in [4.78, 5) is 39.7. The standard InChI is InChI=1S/C26H20N2O6S/c1-32-22-13-8-16(14-23(22)33-2)21(29)15-20-24(30)27-26(35)28(25(20)31)17-9-11-19(12-10-17)34-18-6-4-3-5-7-18/h3-15H,1-2H3,(H,27,30,35)/b20-15+. The average molecular weight is 489 g/mol. The molecular weight excluding hydrogens is 468 g/mol. The number of allylic oxidation sites excluding steroid dienone is 1. The maximum absolute atomic E-state index is 13.2. The van der Waals surface area contributed by atoms with E-state index in [2.05, 4.69) is 5.32 Å². The molecule has 1 aliphatic heterocycles. The number of hydrogen-bond acceptors (Lipinski definition) is 7. The molecule has 1 saturated heterocycles. The monoisotopic (exact) mass is 488 g/mol. The summed E-state index contributed by atoms with van der Waals surface area (Å²) in [5.74, 6) is -0.0202. The number of carbonyl (C=O) groups is 3. The minimum atomic E-state index is -0.755. The van der Waals surface area contributed by atoms with Crippen LogP contribution in [0.3, 0.4) is 0 Å². The SMILES string of the molecule is COc1ccc(C(=O)/C=C2\C(=O)NC(=S)N(c3ccc(Oc4ccccc4)cc3)C2=O)cc1OC. The molecule has 0 radical (unpaired) electrons. The van der Waals surface area contributed by atoms with Crippen molar-refractivity contribution >= 4 is 40.6 Å². The molecule has 0 bridgehead atoms. The number of carbonyl (C=O) groups excluding carboxylic acids is 3. The topological polar surface area (TPSA) is 94.2 Å². The highest BCUT2D eigenvalue weighted by molar-refractivity contribution is 7.80. The predicted molar refractivity (Wildman–Crippen MR) is 133 cm³/mol. The molecule has 1 aliphatic rings. The Bertz CT molecular complexity index is 1340. The molecule has 0 aromatic heterocycles. The van der Waals surface area contributed by atoms with Gasteiger partial charge in [-0.1, -0.05) is 18.2 Å². The van der Waals surface area contributed by atoms with Gasteiger partial charge in [0, 0.05) is 11.6 Å². The van der Waals surface area contributed by atoms with Crippen LogP contribution in [0.25, 0.3) is 0 Å². The van der Waals surface area contributed by atoms with E-state index in [1.807, 2.05) is 30.3 Å². The highest BCUT2D eigenvalue weighted by Crippen LogP contribution is 2.29. The number of anilines is 1. The van der Waals surface area contributed by atoms with E-state index >= 15 is 0 Å². The van der Waals surface area contributed by atoms with Gasteiger partial charge in [-0.2, -0.15) is 0 Å². The van der Waals surface area contributed by atoms with Crippen LogP contribution in [0.15, 0.2) is 84.4 Å². The molecule has 35 heavy (non-hydrogen) atoms. The van der Waals surface area contributed by atoms with Crippen molar-refractivity contribution in [1.29, 1.82) is 0 Å². The third-order valence-corrected chi connectivity index (χ3v) is 5.40. The number of ketones is 1. The molecule has 1 N–H and O–H groups in total. The largest absolute Gasteiger partial charge is 0.493 e. The zero-order valence-electron chi connectivity index (χ0n) is 18.8. The van der Waals surface area contributed by atoms with Crippen molar-refractivity contribution in [1.82, 2.24) is 5.32 Å². The maximum Gasteiger partial charge on any atom is 0.270 e. The number of benzene rings is 3. The van der Waals surface area contributed by atoms with Crippen molar-refractivity contribution in [2.45, 2.75) is 0 Å². The van der Waals surface area contributed by atoms with Gasteiger partial charge in [-0.15, -0.1) is 0 Å². The Balaban J connectivity index is 1.58. The first kappa shape index (κ1) is 23.7. The molecule has 1 heterocycles. The summed E-state index contributed by atoms with van der Waals surface area (Å²) < 4.78 is 16.2. The lowest BCUT2D eigenvalue weighted by Gasteiger charge is -2.28. The minimum Gasteiger partial charge on any atom is -0.493 e. The van der Waals surface area contributed by atoms with Crippen LogP contribution < -0.4 is 24.4 Å². The van der Waals surface area contributed by atoms with Crippen LogP contribution in [-0.4, -0.2) is 36.9 Å². The fraction of sp³-hybridized carbons (Fsp3) is 0.0769. The smallest absolute Gasteiger partial charge is 0.270 e. The van der Waals surface area contributed by atoms with Gasteiger partial charge in [0.05, 0.1) is 19.9 Å². The first-order valence-electron chi connectivity index (χ1n) is 10.4. The molecule has 0 unspecified atom stereocenters. The normalized spacial score (nSPS) is 14.5. The van der Waals surface area contributed by atoms with Gasteiger partial charge >= 0.3 is 0 Å². The molecule has 9 heteroatoms. The predicted octanol–water partition coefficient (Wildman–Crippen LogP) is 4.05. The van der Waals surface area contributed by atoms with Crippen molar-refractivity contribution in [2.24, 2.45) is 0 Å². The summed E-state index contributed by atoms with van der Waals surface area (Å²) in [5.41, 5.74) is 0.283. The molecule has 176 valence electrons. The van der Waals surface area contributed by atoms with E-state index in [0.717, 1.165) is 11.0 Å². The van der Waals surface area contributed by atoms with Crippen molar-refractivity contribution in [2.75, 3.05) is 19.1 Å². The highest BCUT2D eigenvalue weighted by Gasteiger charge is 2.35. The van der Waals surface area contributed by atoms with Crippen molar-refractivity contribution in [3.63, 3.8) is 0 Å². The summed E-state index contributed by atoms with van der Waals surface area (Å²) in [6.45, 7) is 0. The molecule has 3 aromatic rings. The lowest BCUT2D eigenvalue weighted by Crippen LogP contribution is -2.54. The van der Waals surface area contributed by atoms with Gasteiger partial charge in [0.25, 0.3) is 11.8 Å². The Labute approximate surface area is 206 Å². The summed E-state index contributed by atoms with van der Waals surface area (Å²) in [7, 11) is 2.92. The number of hydrogen-bond donors (Lipinski definition) is 1. The number of ether oxygens (including phenoxy) is 3. The number of para-hydroxylation sites is 1. The second-order valence-corrected chi connectivity index (χ2v) is 7.69. The molecule has 8 nitrogen and oxygen atoms in total. The fourth-order valence-electron chi connectivity index (χ4n) is 3.38. The Morgan fingerprint density at radius 2 is 1.54 bits per heavy atom. The summed E-state index contributed by atoms with van der Waals surface area (Å²) in [6.07, 6.45) is 0.987.